The highest BCUT2D eigenvalue weighted by molar-refractivity contribution is 6.34. The maximum Gasteiger partial charge on any atom is 0.270 e. The fourth-order valence-electron chi connectivity index (χ4n) is 4.39. The van der Waals surface area contributed by atoms with Gasteiger partial charge in [-0.05, 0) is 42.3 Å². The third-order valence-corrected chi connectivity index (χ3v) is 7.16. The summed E-state index contributed by atoms with van der Waals surface area (Å²) < 4.78 is 28.1. The van der Waals surface area contributed by atoms with Crippen molar-refractivity contribution in [2.24, 2.45) is 0 Å². The zero-order valence-corrected chi connectivity index (χ0v) is 24.4. The number of nitrogens with zero attached hydrogens (tertiary/aromatic N) is 3. The molecule has 5 aromatic rings. The summed E-state index contributed by atoms with van der Waals surface area (Å²) in [5, 5.41) is 22.2. The van der Waals surface area contributed by atoms with Gasteiger partial charge in [0.1, 0.15) is 22.7 Å². The highest BCUT2D eigenvalue weighted by atomic mass is 35.5. The number of hydrogen-bond acceptors (Lipinski definition) is 6. The first-order chi connectivity index (χ1) is 21.5. The topological polar surface area (TPSA) is 138 Å². The Morgan fingerprint density at radius 2 is 1.71 bits per heavy atom. The van der Waals surface area contributed by atoms with Crippen molar-refractivity contribution in [3.63, 3.8) is 0 Å². The van der Waals surface area contributed by atoms with Crippen LogP contribution >= 0.6 is 11.6 Å². The molecule has 45 heavy (non-hydrogen) atoms. The van der Waals surface area contributed by atoms with Crippen molar-refractivity contribution in [2.75, 3.05) is 5.32 Å². The lowest BCUT2D eigenvalue weighted by molar-refractivity contribution is 0.0930. The molecule has 13 heteroatoms. The summed E-state index contributed by atoms with van der Waals surface area (Å²) in [4.78, 5) is 44.4. The van der Waals surface area contributed by atoms with Crippen LogP contribution in [-0.2, 0) is 6.54 Å². The van der Waals surface area contributed by atoms with E-state index < -0.39 is 35.4 Å². The lowest BCUT2D eigenvalue weighted by Gasteiger charge is -2.16. The first kappa shape index (κ1) is 30.8. The average Bonchev–Trinajstić information content (AvgIpc) is 3.46. The molecule has 0 aliphatic carbocycles. The SMILES string of the molecule is C=C(O)c1ccc([C@H](C)NC(=O)c2cc(C(=O)NCc3ccc(F)c(F)c3)nc3c(C(=O)Nc4ccccc4Cl)cnn23)cc1. The van der Waals surface area contributed by atoms with Crippen molar-refractivity contribution in [3.05, 3.63) is 136 Å². The van der Waals surface area contributed by atoms with Crippen LogP contribution in [0.1, 0.15) is 61.0 Å². The molecule has 0 radical (unpaired) electrons. The van der Waals surface area contributed by atoms with Crippen LogP contribution in [0.15, 0.2) is 85.6 Å². The Labute approximate surface area is 260 Å². The minimum Gasteiger partial charge on any atom is -0.508 e. The summed E-state index contributed by atoms with van der Waals surface area (Å²) in [7, 11) is 0. The molecule has 10 nitrogen and oxygen atoms in total. The fourth-order valence-corrected chi connectivity index (χ4v) is 4.58. The molecule has 0 unspecified atom stereocenters. The van der Waals surface area contributed by atoms with E-state index in [-0.39, 0.29) is 45.5 Å². The molecule has 3 amide bonds. The molecule has 0 spiro atoms. The molecule has 0 bridgehead atoms. The number of halogens is 3. The van der Waals surface area contributed by atoms with E-state index >= 15 is 0 Å². The zero-order chi connectivity index (χ0) is 32.2. The van der Waals surface area contributed by atoms with Crippen LogP contribution in [-0.4, -0.2) is 37.4 Å². The molecule has 0 aliphatic rings. The van der Waals surface area contributed by atoms with Gasteiger partial charge >= 0.3 is 0 Å². The number of para-hydroxylation sites is 1. The minimum atomic E-state index is -1.07. The van der Waals surface area contributed by atoms with Crippen LogP contribution < -0.4 is 16.0 Å². The molecule has 4 N–H and O–H groups in total. The van der Waals surface area contributed by atoms with E-state index in [1.54, 1.807) is 55.5 Å². The van der Waals surface area contributed by atoms with Gasteiger partial charge in [-0.3, -0.25) is 14.4 Å². The van der Waals surface area contributed by atoms with E-state index in [9.17, 15) is 28.3 Å². The van der Waals surface area contributed by atoms with Gasteiger partial charge < -0.3 is 21.1 Å². The van der Waals surface area contributed by atoms with E-state index in [1.165, 1.54) is 18.3 Å². The Hall–Kier alpha value is -5.62. The number of anilines is 1. The second kappa shape index (κ2) is 12.9. The maximum absolute atomic E-state index is 13.7. The third kappa shape index (κ3) is 6.81. The molecular formula is C32H25ClF2N6O4. The zero-order valence-electron chi connectivity index (χ0n) is 23.6. The molecule has 1 atom stereocenters. The summed E-state index contributed by atoms with van der Waals surface area (Å²) >= 11 is 6.19. The second-order valence-electron chi connectivity index (χ2n) is 9.95. The van der Waals surface area contributed by atoms with Gasteiger partial charge in [0, 0.05) is 18.2 Å². The molecular weight excluding hydrogens is 606 g/mol. The predicted molar refractivity (Wildman–Crippen MR) is 164 cm³/mol. The van der Waals surface area contributed by atoms with Crippen LogP contribution in [0.2, 0.25) is 5.02 Å². The fraction of sp³-hybridized carbons (Fsp3) is 0.0938. The van der Waals surface area contributed by atoms with Crippen LogP contribution in [0.4, 0.5) is 14.5 Å². The van der Waals surface area contributed by atoms with Gasteiger partial charge in [-0.15, -0.1) is 0 Å². The summed E-state index contributed by atoms with van der Waals surface area (Å²) in [6.07, 6.45) is 1.21. The van der Waals surface area contributed by atoms with E-state index in [0.717, 1.165) is 16.6 Å². The summed E-state index contributed by atoms with van der Waals surface area (Å²) in [5.41, 5.74) is 1.36. The lowest BCUT2D eigenvalue weighted by Crippen LogP contribution is -2.30. The number of fused-ring (bicyclic) bond motifs is 1. The van der Waals surface area contributed by atoms with E-state index in [2.05, 4.69) is 32.6 Å². The monoisotopic (exact) mass is 630 g/mol. The normalized spacial score (nSPS) is 11.6. The number of benzene rings is 3. The molecule has 2 heterocycles. The number of amides is 3. The summed E-state index contributed by atoms with van der Waals surface area (Å²) in [6, 6.07) is 17.2. The van der Waals surface area contributed by atoms with Crippen molar-refractivity contribution in [3.8, 4) is 0 Å². The first-order valence-corrected chi connectivity index (χ1v) is 13.9. The van der Waals surface area contributed by atoms with Crippen molar-refractivity contribution < 1.29 is 28.3 Å². The van der Waals surface area contributed by atoms with Gasteiger partial charge in [0.15, 0.2) is 17.3 Å². The number of carbonyl (C=O) groups is 3. The number of aliphatic hydroxyl groups excluding tert-OH is 1. The quantitative estimate of drug-likeness (QED) is 0.151. The smallest absolute Gasteiger partial charge is 0.270 e. The van der Waals surface area contributed by atoms with E-state index in [4.69, 9.17) is 11.6 Å². The molecule has 0 fully saturated rings. The van der Waals surface area contributed by atoms with Gasteiger partial charge in [-0.1, -0.05) is 60.6 Å². The number of hydrogen-bond donors (Lipinski definition) is 4. The average molecular weight is 631 g/mol. The Morgan fingerprint density at radius 1 is 0.978 bits per heavy atom. The van der Waals surface area contributed by atoms with Crippen LogP contribution in [0.5, 0.6) is 0 Å². The molecule has 0 saturated carbocycles. The predicted octanol–water partition coefficient (Wildman–Crippen LogP) is 5.86. The van der Waals surface area contributed by atoms with Gasteiger partial charge in [-0.25, -0.2) is 18.3 Å². The second-order valence-corrected chi connectivity index (χ2v) is 10.4. The van der Waals surface area contributed by atoms with Gasteiger partial charge in [0.2, 0.25) is 0 Å². The number of carbonyl (C=O) groups excluding carboxylic acids is 3. The van der Waals surface area contributed by atoms with E-state index in [1.807, 2.05) is 0 Å². The highest BCUT2D eigenvalue weighted by Crippen LogP contribution is 2.23. The minimum absolute atomic E-state index is 0.0490. The van der Waals surface area contributed by atoms with Crippen molar-refractivity contribution >= 4 is 46.4 Å². The number of rotatable bonds is 9. The molecule has 5 rings (SSSR count). The van der Waals surface area contributed by atoms with Gasteiger partial charge in [-0.2, -0.15) is 5.10 Å². The summed E-state index contributed by atoms with van der Waals surface area (Å²) in [6.45, 7) is 5.06. The molecule has 228 valence electrons. The van der Waals surface area contributed by atoms with Gasteiger partial charge in [0.05, 0.1) is 22.9 Å². The van der Waals surface area contributed by atoms with Crippen molar-refractivity contribution in [2.45, 2.75) is 19.5 Å². The van der Waals surface area contributed by atoms with E-state index in [0.29, 0.717) is 16.8 Å². The largest absolute Gasteiger partial charge is 0.508 e. The van der Waals surface area contributed by atoms with Crippen LogP contribution in [0.3, 0.4) is 0 Å². The van der Waals surface area contributed by atoms with Crippen molar-refractivity contribution in [1.82, 2.24) is 25.2 Å². The molecule has 3 aromatic carbocycles. The van der Waals surface area contributed by atoms with Crippen LogP contribution in [0.25, 0.3) is 11.4 Å². The van der Waals surface area contributed by atoms with Crippen molar-refractivity contribution in [1.29, 1.82) is 0 Å². The first-order valence-electron chi connectivity index (χ1n) is 13.5. The molecule has 2 aromatic heterocycles. The lowest BCUT2D eigenvalue weighted by atomic mass is 10.1. The highest BCUT2D eigenvalue weighted by Gasteiger charge is 2.24. The number of nitrogens with one attached hydrogen (secondary N) is 3. The Bertz CT molecular complexity index is 1960. The maximum atomic E-state index is 13.7. The number of aliphatic hydroxyl groups is 1. The molecule has 0 saturated heterocycles. The summed E-state index contributed by atoms with van der Waals surface area (Å²) in [5.74, 6) is -4.22. The standard InChI is InChI=1S/C32H25ClF2N6O4/c1-17(20-8-10-21(11-9-20)18(2)42)38-32(45)28-14-27(31(44)36-15-19-7-12-24(34)25(35)13-19)39-29-22(16-37-41(28)29)30(43)40-26-6-4-3-5-23(26)33/h3-14,16-17,42H,2,15H2,1H3,(H,36,44)(H,38,45)(H,40,43)/t17-/m0/s1. The third-order valence-electron chi connectivity index (χ3n) is 6.83. The Balaban J connectivity index is 1.48. The molecule has 0 aliphatic heterocycles. The van der Waals surface area contributed by atoms with Gasteiger partial charge in [0.25, 0.3) is 17.7 Å². The van der Waals surface area contributed by atoms with Crippen LogP contribution in [0, 0.1) is 11.6 Å². The number of aromatic nitrogens is 3. The Kier molecular flexibility index (Phi) is 8.86. The Morgan fingerprint density at radius 3 is 2.40 bits per heavy atom.